The number of rotatable bonds is 11. The first-order valence-corrected chi connectivity index (χ1v) is 6.86. The lowest BCUT2D eigenvalue weighted by Gasteiger charge is -2.11. The number of nitrogens with one attached hydrogen (secondary N) is 2. The molecule has 0 saturated carbocycles. The summed E-state index contributed by atoms with van der Waals surface area (Å²) in [5, 5.41) is 6.49. The molecule has 6 heteroatoms. The lowest BCUT2D eigenvalue weighted by atomic mass is 10.4. The summed E-state index contributed by atoms with van der Waals surface area (Å²) in [6.07, 6.45) is 4.33. The molecule has 0 aliphatic carbocycles. The lowest BCUT2D eigenvalue weighted by Crippen LogP contribution is -2.38. The summed E-state index contributed by atoms with van der Waals surface area (Å²) in [6, 6.07) is 0. The second-order valence-electron chi connectivity index (χ2n) is 4.09. The Morgan fingerprint density at radius 1 is 1.00 bits per heavy atom. The van der Waals surface area contributed by atoms with E-state index < -0.39 is 0 Å². The Morgan fingerprint density at radius 2 is 1.58 bits per heavy atom. The second kappa shape index (κ2) is 17.9. The zero-order chi connectivity index (χ0) is 13.5. The van der Waals surface area contributed by atoms with E-state index in [2.05, 4.69) is 22.5 Å². The summed E-state index contributed by atoms with van der Waals surface area (Å²) in [4.78, 5) is 4.15. The van der Waals surface area contributed by atoms with Crippen LogP contribution in [0.3, 0.4) is 0 Å². The molecule has 0 radical (unpaired) electrons. The molecule has 0 bridgehead atoms. The SMILES string of the molecule is CCCCOCCCNC(=NC)NCCCOC.I. The van der Waals surface area contributed by atoms with E-state index in [0.717, 1.165) is 58.1 Å². The van der Waals surface area contributed by atoms with Gasteiger partial charge < -0.3 is 20.1 Å². The van der Waals surface area contributed by atoms with Crippen molar-refractivity contribution in [3.63, 3.8) is 0 Å². The van der Waals surface area contributed by atoms with E-state index in [9.17, 15) is 0 Å². The Labute approximate surface area is 134 Å². The third-order valence-corrected chi connectivity index (χ3v) is 2.44. The quantitative estimate of drug-likeness (QED) is 0.247. The van der Waals surface area contributed by atoms with E-state index in [1.165, 1.54) is 6.42 Å². The van der Waals surface area contributed by atoms with E-state index in [-0.39, 0.29) is 24.0 Å². The van der Waals surface area contributed by atoms with E-state index >= 15 is 0 Å². The molecule has 0 rings (SSSR count). The van der Waals surface area contributed by atoms with Gasteiger partial charge in [-0.15, -0.1) is 24.0 Å². The summed E-state index contributed by atoms with van der Waals surface area (Å²) < 4.78 is 10.5. The van der Waals surface area contributed by atoms with Gasteiger partial charge in [0.1, 0.15) is 0 Å². The van der Waals surface area contributed by atoms with Crippen LogP contribution in [0.5, 0.6) is 0 Å². The van der Waals surface area contributed by atoms with Crippen LogP contribution in [0.4, 0.5) is 0 Å². The van der Waals surface area contributed by atoms with Crippen LogP contribution >= 0.6 is 24.0 Å². The van der Waals surface area contributed by atoms with Gasteiger partial charge in [0.05, 0.1) is 0 Å². The Morgan fingerprint density at radius 3 is 2.11 bits per heavy atom. The first-order chi connectivity index (χ1) is 8.85. The van der Waals surface area contributed by atoms with Crippen molar-refractivity contribution >= 4 is 29.9 Å². The van der Waals surface area contributed by atoms with Gasteiger partial charge in [0.15, 0.2) is 5.96 Å². The molecule has 19 heavy (non-hydrogen) atoms. The third kappa shape index (κ3) is 15.9. The zero-order valence-electron chi connectivity index (χ0n) is 12.5. The van der Waals surface area contributed by atoms with Crippen LogP contribution in [0.1, 0.15) is 32.6 Å². The van der Waals surface area contributed by atoms with Crippen molar-refractivity contribution in [2.75, 3.05) is 47.1 Å². The molecular weight excluding hydrogens is 357 g/mol. The van der Waals surface area contributed by atoms with Gasteiger partial charge in [-0.2, -0.15) is 0 Å². The molecule has 2 N–H and O–H groups in total. The van der Waals surface area contributed by atoms with Gasteiger partial charge in [-0.05, 0) is 19.3 Å². The number of halogens is 1. The van der Waals surface area contributed by atoms with Crippen LogP contribution in [0.25, 0.3) is 0 Å². The third-order valence-electron chi connectivity index (χ3n) is 2.44. The van der Waals surface area contributed by atoms with Crippen molar-refractivity contribution in [2.45, 2.75) is 32.6 Å². The predicted molar refractivity (Wildman–Crippen MR) is 91.6 cm³/mol. The number of hydrogen-bond acceptors (Lipinski definition) is 3. The van der Waals surface area contributed by atoms with Crippen LogP contribution in [0.2, 0.25) is 0 Å². The predicted octanol–water partition coefficient (Wildman–Crippen LogP) is 2.01. The first-order valence-electron chi connectivity index (χ1n) is 6.86. The molecule has 0 aromatic carbocycles. The zero-order valence-corrected chi connectivity index (χ0v) is 14.9. The summed E-state index contributed by atoms with van der Waals surface area (Å²) in [5.41, 5.74) is 0. The fourth-order valence-electron chi connectivity index (χ4n) is 1.37. The molecular formula is C13H30IN3O2. The Balaban J connectivity index is 0. The van der Waals surface area contributed by atoms with Crippen molar-refractivity contribution < 1.29 is 9.47 Å². The fraction of sp³-hybridized carbons (Fsp3) is 0.923. The second-order valence-corrected chi connectivity index (χ2v) is 4.09. The molecule has 0 atom stereocenters. The highest BCUT2D eigenvalue weighted by molar-refractivity contribution is 14.0. The Kier molecular flexibility index (Phi) is 20.0. The maximum absolute atomic E-state index is 5.49. The van der Waals surface area contributed by atoms with E-state index in [1.54, 1.807) is 14.2 Å². The van der Waals surface area contributed by atoms with E-state index in [1.807, 2.05) is 0 Å². The molecule has 0 unspecified atom stereocenters. The topological polar surface area (TPSA) is 54.9 Å². The largest absolute Gasteiger partial charge is 0.385 e. The van der Waals surface area contributed by atoms with Crippen molar-refractivity contribution in [1.82, 2.24) is 10.6 Å². The summed E-state index contributed by atoms with van der Waals surface area (Å²) in [6.45, 7) is 6.39. The number of aliphatic imine (C=N–C) groups is 1. The van der Waals surface area contributed by atoms with Gasteiger partial charge in [-0.25, -0.2) is 0 Å². The number of methoxy groups -OCH3 is 1. The van der Waals surface area contributed by atoms with Crippen LogP contribution in [-0.2, 0) is 9.47 Å². The molecule has 116 valence electrons. The lowest BCUT2D eigenvalue weighted by molar-refractivity contribution is 0.129. The van der Waals surface area contributed by atoms with Crippen molar-refractivity contribution in [1.29, 1.82) is 0 Å². The van der Waals surface area contributed by atoms with Crippen molar-refractivity contribution in [2.24, 2.45) is 4.99 Å². The molecule has 0 spiro atoms. The normalized spacial score (nSPS) is 11.0. The number of nitrogens with zero attached hydrogens (tertiary/aromatic N) is 1. The average Bonchev–Trinajstić information content (AvgIpc) is 2.40. The molecule has 0 aliphatic rings. The molecule has 0 amide bonds. The highest BCUT2D eigenvalue weighted by Gasteiger charge is 1.96. The van der Waals surface area contributed by atoms with Gasteiger partial charge >= 0.3 is 0 Å². The van der Waals surface area contributed by atoms with Crippen molar-refractivity contribution in [3.05, 3.63) is 0 Å². The average molecular weight is 387 g/mol. The maximum atomic E-state index is 5.49. The van der Waals surface area contributed by atoms with Gasteiger partial charge in [0.25, 0.3) is 0 Å². The molecule has 5 nitrogen and oxygen atoms in total. The summed E-state index contributed by atoms with van der Waals surface area (Å²) in [5.74, 6) is 0.847. The summed E-state index contributed by atoms with van der Waals surface area (Å²) >= 11 is 0. The Bertz CT molecular complexity index is 204. The van der Waals surface area contributed by atoms with Crippen LogP contribution in [0, 0.1) is 0 Å². The van der Waals surface area contributed by atoms with E-state index in [4.69, 9.17) is 9.47 Å². The monoisotopic (exact) mass is 387 g/mol. The number of hydrogen-bond donors (Lipinski definition) is 2. The molecule has 0 aliphatic heterocycles. The highest BCUT2D eigenvalue weighted by atomic mass is 127. The van der Waals surface area contributed by atoms with Gasteiger partial charge in [0.2, 0.25) is 0 Å². The van der Waals surface area contributed by atoms with Gasteiger partial charge in [-0.1, -0.05) is 13.3 Å². The molecule has 0 fully saturated rings. The van der Waals surface area contributed by atoms with Crippen LogP contribution < -0.4 is 10.6 Å². The Hall–Kier alpha value is -0.0800. The standard InChI is InChI=1S/C13H29N3O2.HI/c1-4-5-11-18-12-7-9-16-13(14-2)15-8-6-10-17-3;/h4-12H2,1-3H3,(H2,14,15,16);1H. The van der Waals surface area contributed by atoms with Crippen molar-refractivity contribution in [3.8, 4) is 0 Å². The molecule has 0 aromatic heterocycles. The summed E-state index contributed by atoms with van der Waals surface area (Å²) in [7, 11) is 3.50. The highest BCUT2D eigenvalue weighted by Crippen LogP contribution is 1.89. The molecule has 0 saturated heterocycles. The van der Waals surface area contributed by atoms with Crippen LogP contribution in [-0.4, -0.2) is 53.0 Å². The minimum absolute atomic E-state index is 0. The molecule has 0 heterocycles. The smallest absolute Gasteiger partial charge is 0.190 e. The number of guanidine groups is 1. The first kappa shape index (κ1) is 21.2. The molecule has 0 aromatic rings. The minimum atomic E-state index is 0. The number of unbranched alkanes of at least 4 members (excludes halogenated alkanes) is 1. The maximum Gasteiger partial charge on any atom is 0.190 e. The fourth-order valence-corrected chi connectivity index (χ4v) is 1.37. The number of ether oxygens (including phenoxy) is 2. The van der Waals surface area contributed by atoms with E-state index in [0.29, 0.717) is 0 Å². The van der Waals surface area contributed by atoms with Gasteiger partial charge in [-0.3, -0.25) is 4.99 Å². The van der Waals surface area contributed by atoms with Gasteiger partial charge in [0, 0.05) is 47.1 Å². The van der Waals surface area contributed by atoms with Crippen LogP contribution in [0.15, 0.2) is 4.99 Å². The minimum Gasteiger partial charge on any atom is -0.385 e.